The number of nitrogens with two attached hydrogens (primary N) is 2. The van der Waals surface area contributed by atoms with Crippen LogP contribution in [0.15, 0.2) is 48.5 Å². The van der Waals surface area contributed by atoms with E-state index in [0.717, 1.165) is 39.2 Å². The smallest absolute Gasteiger partial charge is 0.0429 e. The number of hydrogen-bond donors (Lipinski definition) is 2. The van der Waals surface area contributed by atoms with Gasteiger partial charge in [-0.1, -0.05) is 42.5 Å². The molecule has 3 aromatic rings. The van der Waals surface area contributed by atoms with Gasteiger partial charge in [-0.3, -0.25) is 0 Å². The van der Waals surface area contributed by atoms with Gasteiger partial charge in [0.15, 0.2) is 0 Å². The highest BCUT2D eigenvalue weighted by Crippen LogP contribution is 2.40. The number of rotatable bonds is 2. The summed E-state index contributed by atoms with van der Waals surface area (Å²) < 4.78 is 0. The molecule has 0 heterocycles. The Hall–Kier alpha value is -2.74. The molecule has 0 radical (unpaired) electrons. The van der Waals surface area contributed by atoms with Gasteiger partial charge in [0.2, 0.25) is 0 Å². The van der Waals surface area contributed by atoms with E-state index in [0.29, 0.717) is 0 Å². The molecule has 0 aliphatic rings. The molecule has 4 N–H and O–H groups in total. The minimum Gasteiger partial charge on any atom is -0.398 e. The van der Waals surface area contributed by atoms with Crippen LogP contribution in [0.5, 0.6) is 0 Å². The second kappa shape index (κ2) is 6.04. The van der Waals surface area contributed by atoms with Crippen molar-refractivity contribution in [2.45, 2.75) is 27.7 Å². The minimum atomic E-state index is 0.758. The summed E-state index contributed by atoms with van der Waals surface area (Å²) >= 11 is 0. The van der Waals surface area contributed by atoms with Gasteiger partial charge in [-0.25, -0.2) is 0 Å². The van der Waals surface area contributed by atoms with E-state index in [9.17, 15) is 0 Å². The van der Waals surface area contributed by atoms with Gasteiger partial charge in [-0.05, 0) is 67.1 Å². The lowest BCUT2D eigenvalue weighted by atomic mass is 9.87. The van der Waals surface area contributed by atoms with E-state index in [1.54, 1.807) is 0 Å². The Morgan fingerprint density at radius 1 is 0.625 bits per heavy atom. The second-order valence-corrected chi connectivity index (χ2v) is 6.46. The Morgan fingerprint density at radius 3 is 1.88 bits per heavy atom. The van der Waals surface area contributed by atoms with Crippen LogP contribution in [-0.4, -0.2) is 0 Å². The van der Waals surface area contributed by atoms with Crippen LogP contribution in [0.1, 0.15) is 22.3 Å². The van der Waals surface area contributed by atoms with Gasteiger partial charge in [0, 0.05) is 22.5 Å². The highest BCUT2D eigenvalue weighted by atomic mass is 14.6. The molecule has 0 spiro atoms. The van der Waals surface area contributed by atoms with Crippen LogP contribution < -0.4 is 11.5 Å². The summed E-state index contributed by atoms with van der Waals surface area (Å²) in [5.74, 6) is 0. The molecule has 0 bridgehead atoms. The van der Waals surface area contributed by atoms with Crippen LogP contribution in [-0.2, 0) is 0 Å². The second-order valence-electron chi connectivity index (χ2n) is 6.46. The molecule has 0 aromatic heterocycles. The normalized spacial score (nSPS) is 10.8. The van der Waals surface area contributed by atoms with Crippen LogP contribution >= 0.6 is 0 Å². The van der Waals surface area contributed by atoms with Crippen LogP contribution in [0.2, 0.25) is 0 Å². The fourth-order valence-electron chi connectivity index (χ4n) is 3.29. The Balaban J connectivity index is 2.19. The van der Waals surface area contributed by atoms with Crippen LogP contribution in [0, 0.1) is 27.7 Å². The molecular weight excluding hydrogens is 292 g/mol. The molecule has 0 aliphatic heterocycles. The van der Waals surface area contributed by atoms with Gasteiger partial charge in [-0.15, -0.1) is 0 Å². The van der Waals surface area contributed by atoms with Crippen molar-refractivity contribution in [2.75, 3.05) is 11.5 Å². The van der Waals surface area contributed by atoms with Crippen LogP contribution in [0.4, 0.5) is 11.4 Å². The summed E-state index contributed by atoms with van der Waals surface area (Å²) in [7, 11) is 0. The molecule has 3 aromatic carbocycles. The third kappa shape index (κ3) is 2.54. The van der Waals surface area contributed by atoms with E-state index in [4.69, 9.17) is 11.5 Å². The molecule has 0 fully saturated rings. The minimum absolute atomic E-state index is 0.758. The molecule has 0 atom stereocenters. The lowest BCUT2D eigenvalue weighted by Crippen LogP contribution is -2.04. The summed E-state index contributed by atoms with van der Waals surface area (Å²) in [6.45, 7) is 8.47. The topological polar surface area (TPSA) is 52.0 Å². The maximum Gasteiger partial charge on any atom is 0.0429 e. The molecule has 122 valence electrons. The average molecular weight is 316 g/mol. The summed E-state index contributed by atoms with van der Waals surface area (Å²) in [6, 6.07) is 16.5. The van der Waals surface area contributed by atoms with Crippen molar-refractivity contribution < 1.29 is 0 Å². The van der Waals surface area contributed by atoms with E-state index in [2.05, 4.69) is 52.0 Å². The molecule has 0 amide bonds. The zero-order valence-corrected chi connectivity index (χ0v) is 14.8. The zero-order chi connectivity index (χ0) is 17.4. The van der Waals surface area contributed by atoms with Gasteiger partial charge in [0.1, 0.15) is 0 Å². The molecule has 2 nitrogen and oxygen atoms in total. The van der Waals surface area contributed by atoms with Crippen molar-refractivity contribution in [1.82, 2.24) is 0 Å². The van der Waals surface area contributed by atoms with Gasteiger partial charge >= 0.3 is 0 Å². The highest BCUT2D eigenvalue weighted by molar-refractivity contribution is 5.91. The van der Waals surface area contributed by atoms with E-state index >= 15 is 0 Å². The molecule has 24 heavy (non-hydrogen) atoms. The van der Waals surface area contributed by atoms with Crippen LogP contribution in [0.25, 0.3) is 22.3 Å². The van der Waals surface area contributed by atoms with Crippen molar-refractivity contribution in [3.8, 4) is 22.3 Å². The maximum absolute atomic E-state index is 6.45. The average Bonchev–Trinajstić information content (AvgIpc) is 2.60. The van der Waals surface area contributed by atoms with Gasteiger partial charge in [0.05, 0.1) is 0 Å². The van der Waals surface area contributed by atoms with Crippen molar-refractivity contribution in [3.63, 3.8) is 0 Å². The number of hydrogen-bond acceptors (Lipinski definition) is 2. The number of nitrogen functional groups attached to an aromatic ring is 2. The van der Waals surface area contributed by atoms with Gasteiger partial charge in [-0.2, -0.15) is 0 Å². The first-order valence-electron chi connectivity index (χ1n) is 8.23. The predicted molar refractivity (Wildman–Crippen MR) is 105 cm³/mol. The van der Waals surface area contributed by atoms with Crippen LogP contribution in [0.3, 0.4) is 0 Å². The molecular formula is C22H24N2. The Labute approximate surface area is 144 Å². The van der Waals surface area contributed by atoms with E-state index in [1.165, 1.54) is 16.7 Å². The third-order valence-electron chi connectivity index (χ3n) is 5.16. The Bertz CT molecular complexity index is 880. The molecule has 0 aliphatic carbocycles. The lowest BCUT2D eigenvalue weighted by Gasteiger charge is -2.20. The predicted octanol–water partition coefficient (Wildman–Crippen LogP) is 5.42. The molecule has 2 heteroatoms. The third-order valence-corrected chi connectivity index (χ3v) is 5.16. The van der Waals surface area contributed by atoms with Gasteiger partial charge < -0.3 is 11.5 Å². The van der Waals surface area contributed by atoms with E-state index in [1.807, 2.05) is 24.3 Å². The fourth-order valence-corrected chi connectivity index (χ4v) is 3.29. The Kier molecular flexibility index (Phi) is 4.06. The zero-order valence-electron chi connectivity index (χ0n) is 14.8. The first kappa shape index (κ1) is 16.1. The summed E-state index contributed by atoms with van der Waals surface area (Å²) in [4.78, 5) is 0. The van der Waals surface area contributed by atoms with E-state index in [-0.39, 0.29) is 0 Å². The number of anilines is 2. The fraction of sp³-hybridized carbons (Fsp3) is 0.182. The summed E-state index contributed by atoms with van der Waals surface area (Å²) in [5, 5.41) is 0. The monoisotopic (exact) mass is 316 g/mol. The van der Waals surface area contributed by atoms with Crippen molar-refractivity contribution in [3.05, 3.63) is 70.8 Å². The van der Waals surface area contributed by atoms with Crippen molar-refractivity contribution >= 4 is 11.4 Å². The van der Waals surface area contributed by atoms with Crippen molar-refractivity contribution in [1.29, 1.82) is 0 Å². The van der Waals surface area contributed by atoms with Gasteiger partial charge in [0.25, 0.3) is 0 Å². The first-order chi connectivity index (χ1) is 11.4. The quantitative estimate of drug-likeness (QED) is 0.620. The number of benzene rings is 3. The standard InChI is InChI=1S/C22H24N2/c1-13-14(2)16(4)22(24)21(15(13)3)19-11-10-18(12-20(19)23)17-8-6-5-7-9-17/h5-12H,23-24H2,1-4H3. The summed E-state index contributed by atoms with van der Waals surface area (Å²) in [6.07, 6.45) is 0. The molecule has 0 unspecified atom stereocenters. The van der Waals surface area contributed by atoms with E-state index < -0.39 is 0 Å². The Morgan fingerprint density at radius 2 is 1.25 bits per heavy atom. The molecule has 0 saturated carbocycles. The summed E-state index contributed by atoms with van der Waals surface area (Å²) in [5.41, 5.74) is 23.7. The largest absolute Gasteiger partial charge is 0.398 e. The SMILES string of the molecule is Cc1c(C)c(C)c(-c2ccc(-c3ccccc3)cc2N)c(N)c1C. The molecule has 0 saturated heterocycles. The highest BCUT2D eigenvalue weighted by Gasteiger charge is 2.16. The van der Waals surface area contributed by atoms with Crippen molar-refractivity contribution in [2.24, 2.45) is 0 Å². The molecule has 3 rings (SSSR count). The maximum atomic E-state index is 6.45. The first-order valence-corrected chi connectivity index (χ1v) is 8.23. The lowest BCUT2D eigenvalue weighted by molar-refractivity contribution is 1.22.